The van der Waals surface area contributed by atoms with Gasteiger partial charge in [-0.05, 0) is 37.3 Å². The number of aryl methyl sites for hydroxylation is 2. The Morgan fingerprint density at radius 2 is 1.53 bits per heavy atom. The van der Waals surface area contributed by atoms with Crippen molar-refractivity contribution in [2.45, 2.75) is 53.9 Å². The minimum Gasteiger partial charge on any atom is -0.385 e. The summed E-state index contributed by atoms with van der Waals surface area (Å²) in [6, 6.07) is 8.58. The summed E-state index contributed by atoms with van der Waals surface area (Å²) in [6.07, 6.45) is 3.56. The van der Waals surface area contributed by atoms with Crippen LogP contribution in [0.3, 0.4) is 0 Å². The molecule has 0 saturated carbocycles. The Balaban J connectivity index is 0. The molecule has 0 atom stereocenters. The third kappa shape index (κ3) is 10.1. The second-order valence-electron chi connectivity index (χ2n) is 3.38. The Kier molecular flexibility index (Phi) is 16.6. The first-order valence-corrected chi connectivity index (χ1v) is 6.88. The summed E-state index contributed by atoms with van der Waals surface area (Å²) >= 11 is 0. The van der Waals surface area contributed by atoms with Gasteiger partial charge in [-0.15, -0.1) is 0 Å². The van der Waals surface area contributed by atoms with E-state index in [4.69, 9.17) is 4.74 Å². The molecular formula is C16H30O. The highest BCUT2D eigenvalue weighted by Gasteiger charge is 1.95. The molecule has 1 aromatic carbocycles. The molecule has 1 aromatic rings. The summed E-state index contributed by atoms with van der Waals surface area (Å²) < 4.78 is 5.01. The smallest absolute Gasteiger partial charge is 0.0462 e. The van der Waals surface area contributed by atoms with Crippen LogP contribution < -0.4 is 0 Å². The van der Waals surface area contributed by atoms with E-state index in [-0.39, 0.29) is 0 Å². The normalized spacial score (nSPS) is 8.59. The van der Waals surface area contributed by atoms with Crippen LogP contribution in [0.5, 0.6) is 0 Å². The molecule has 0 aliphatic carbocycles. The first kappa shape index (κ1) is 18.5. The van der Waals surface area contributed by atoms with Crippen molar-refractivity contribution < 1.29 is 4.74 Å². The molecule has 0 aliphatic rings. The van der Waals surface area contributed by atoms with Crippen molar-refractivity contribution >= 4 is 0 Å². The van der Waals surface area contributed by atoms with Crippen molar-refractivity contribution in [2.75, 3.05) is 13.7 Å². The van der Waals surface area contributed by atoms with Gasteiger partial charge in [-0.1, -0.05) is 52.0 Å². The minimum absolute atomic E-state index is 0.881. The zero-order valence-corrected chi connectivity index (χ0v) is 12.5. The highest BCUT2D eigenvalue weighted by Crippen LogP contribution is 2.10. The molecule has 0 amide bonds. The van der Waals surface area contributed by atoms with E-state index in [1.807, 2.05) is 27.7 Å². The van der Waals surface area contributed by atoms with Gasteiger partial charge in [0, 0.05) is 13.7 Å². The SMILES string of the molecule is CC.CC.COCCCCc1ccccc1C. The molecule has 1 rings (SSSR count). The Labute approximate surface area is 108 Å². The van der Waals surface area contributed by atoms with Gasteiger partial charge in [0.1, 0.15) is 0 Å². The van der Waals surface area contributed by atoms with Crippen LogP contribution in [-0.4, -0.2) is 13.7 Å². The molecule has 0 saturated heterocycles. The zero-order valence-electron chi connectivity index (χ0n) is 12.5. The van der Waals surface area contributed by atoms with E-state index < -0.39 is 0 Å². The summed E-state index contributed by atoms with van der Waals surface area (Å²) in [6.45, 7) is 11.1. The topological polar surface area (TPSA) is 9.23 Å². The minimum atomic E-state index is 0.881. The van der Waals surface area contributed by atoms with Crippen molar-refractivity contribution in [3.63, 3.8) is 0 Å². The average Bonchev–Trinajstić information content (AvgIpc) is 2.41. The standard InChI is InChI=1S/C12H18O.2C2H6/c1-11-7-3-4-8-12(11)9-5-6-10-13-2;2*1-2/h3-4,7-8H,5-6,9-10H2,1-2H3;2*1-2H3. The predicted molar refractivity (Wildman–Crippen MR) is 78.7 cm³/mol. The Bertz CT molecular complexity index is 243. The first-order valence-electron chi connectivity index (χ1n) is 6.88. The number of rotatable bonds is 5. The quantitative estimate of drug-likeness (QED) is 0.655. The van der Waals surface area contributed by atoms with Crippen LogP contribution in [0.2, 0.25) is 0 Å². The summed E-state index contributed by atoms with van der Waals surface area (Å²) in [4.78, 5) is 0. The lowest BCUT2D eigenvalue weighted by Gasteiger charge is -2.04. The predicted octanol–water partition coefficient (Wildman–Crippen LogP) is 5.02. The van der Waals surface area contributed by atoms with Crippen LogP contribution in [-0.2, 0) is 11.2 Å². The summed E-state index contributed by atoms with van der Waals surface area (Å²) in [5.41, 5.74) is 2.87. The molecule has 100 valence electrons. The first-order chi connectivity index (χ1) is 8.34. The van der Waals surface area contributed by atoms with E-state index in [1.54, 1.807) is 7.11 Å². The maximum absolute atomic E-state index is 5.01. The lowest BCUT2D eigenvalue weighted by atomic mass is 10.0. The molecule has 1 heteroatoms. The number of unbranched alkanes of at least 4 members (excludes halogenated alkanes) is 1. The molecule has 0 heterocycles. The van der Waals surface area contributed by atoms with Crippen LogP contribution in [0, 0.1) is 6.92 Å². The van der Waals surface area contributed by atoms with Crippen molar-refractivity contribution in [2.24, 2.45) is 0 Å². The molecule has 1 nitrogen and oxygen atoms in total. The number of hydrogen-bond donors (Lipinski definition) is 0. The van der Waals surface area contributed by atoms with Gasteiger partial charge in [0.2, 0.25) is 0 Å². The highest BCUT2D eigenvalue weighted by molar-refractivity contribution is 5.25. The summed E-state index contributed by atoms with van der Waals surface area (Å²) in [5.74, 6) is 0. The largest absolute Gasteiger partial charge is 0.385 e. The molecule has 0 aliphatic heterocycles. The van der Waals surface area contributed by atoms with Gasteiger partial charge in [-0.3, -0.25) is 0 Å². The van der Waals surface area contributed by atoms with Gasteiger partial charge >= 0.3 is 0 Å². The molecular weight excluding hydrogens is 208 g/mol. The van der Waals surface area contributed by atoms with E-state index in [0.717, 1.165) is 13.0 Å². The van der Waals surface area contributed by atoms with E-state index in [1.165, 1.54) is 24.0 Å². The van der Waals surface area contributed by atoms with Crippen LogP contribution in [0.15, 0.2) is 24.3 Å². The molecule has 0 aromatic heterocycles. The Morgan fingerprint density at radius 3 is 2.06 bits per heavy atom. The highest BCUT2D eigenvalue weighted by atomic mass is 16.5. The van der Waals surface area contributed by atoms with Crippen molar-refractivity contribution in [1.82, 2.24) is 0 Å². The molecule has 0 unspecified atom stereocenters. The van der Waals surface area contributed by atoms with E-state index >= 15 is 0 Å². The Morgan fingerprint density at radius 1 is 0.941 bits per heavy atom. The fraction of sp³-hybridized carbons (Fsp3) is 0.625. The van der Waals surface area contributed by atoms with Crippen molar-refractivity contribution in [3.05, 3.63) is 35.4 Å². The van der Waals surface area contributed by atoms with E-state index in [2.05, 4.69) is 31.2 Å². The maximum atomic E-state index is 5.01. The summed E-state index contributed by atoms with van der Waals surface area (Å²) in [7, 11) is 1.76. The van der Waals surface area contributed by atoms with Crippen LogP contribution >= 0.6 is 0 Å². The third-order valence-electron chi connectivity index (χ3n) is 2.31. The fourth-order valence-electron chi connectivity index (χ4n) is 1.45. The van der Waals surface area contributed by atoms with Crippen LogP contribution in [0.1, 0.15) is 51.7 Å². The van der Waals surface area contributed by atoms with Gasteiger partial charge in [0.15, 0.2) is 0 Å². The van der Waals surface area contributed by atoms with Crippen molar-refractivity contribution in [3.8, 4) is 0 Å². The number of benzene rings is 1. The molecule has 0 spiro atoms. The average molecular weight is 238 g/mol. The van der Waals surface area contributed by atoms with Gasteiger partial charge in [-0.2, -0.15) is 0 Å². The van der Waals surface area contributed by atoms with E-state index in [0.29, 0.717) is 0 Å². The van der Waals surface area contributed by atoms with Gasteiger partial charge in [-0.25, -0.2) is 0 Å². The maximum Gasteiger partial charge on any atom is 0.0462 e. The van der Waals surface area contributed by atoms with Gasteiger partial charge in [0.25, 0.3) is 0 Å². The Hall–Kier alpha value is -0.820. The number of ether oxygens (including phenoxy) is 1. The molecule has 0 N–H and O–H groups in total. The molecule has 0 radical (unpaired) electrons. The van der Waals surface area contributed by atoms with Gasteiger partial charge in [0.05, 0.1) is 0 Å². The number of methoxy groups -OCH3 is 1. The van der Waals surface area contributed by atoms with E-state index in [9.17, 15) is 0 Å². The molecule has 17 heavy (non-hydrogen) atoms. The lowest BCUT2D eigenvalue weighted by Crippen LogP contribution is -1.93. The monoisotopic (exact) mass is 238 g/mol. The second-order valence-corrected chi connectivity index (χ2v) is 3.38. The van der Waals surface area contributed by atoms with Crippen molar-refractivity contribution in [1.29, 1.82) is 0 Å². The zero-order chi connectivity index (χ0) is 13.5. The lowest BCUT2D eigenvalue weighted by molar-refractivity contribution is 0.193. The summed E-state index contributed by atoms with van der Waals surface area (Å²) in [5, 5.41) is 0. The van der Waals surface area contributed by atoms with Crippen LogP contribution in [0.25, 0.3) is 0 Å². The molecule has 0 bridgehead atoms. The van der Waals surface area contributed by atoms with Crippen LogP contribution in [0.4, 0.5) is 0 Å². The molecule has 0 fully saturated rings. The second kappa shape index (κ2) is 15.2. The van der Waals surface area contributed by atoms with Gasteiger partial charge < -0.3 is 4.74 Å². The number of hydrogen-bond acceptors (Lipinski definition) is 1. The third-order valence-corrected chi connectivity index (χ3v) is 2.31. The fourth-order valence-corrected chi connectivity index (χ4v) is 1.45.